The molecule has 0 aromatic heterocycles. The standard InChI is InChI=1S/C9H18N2O2/c1-2-3-7(10)8(13)11-9(6-12)4-5-9/h7,12H,2-6,10H2,1H3,(H,11,13)/t7-/m0/s1. The van der Waals surface area contributed by atoms with Crippen LogP contribution in [-0.2, 0) is 4.79 Å². The number of hydrogen-bond acceptors (Lipinski definition) is 3. The van der Waals surface area contributed by atoms with Crippen molar-refractivity contribution >= 4 is 5.91 Å². The minimum absolute atomic E-state index is 0.0254. The molecule has 0 saturated heterocycles. The molecular formula is C9H18N2O2. The van der Waals surface area contributed by atoms with E-state index in [9.17, 15) is 4.79 Å². The molecule has 0 unspecified atom stereocenters. The van der Waals surface area contributed by atoms with Crippen molar-refractivity contribution in [1.29, 1.82) is 0 Å². The smallest absolute Gasteiger partial charge is 0.237 e. The van der Waals surface area contributed by atoms with Crippen molar-refractivity contribution in [3.8, 4) is 0 Å². The number of aliphatic hydroxyl groups is 1. The predicted octanol–water partition coefficient (Wildman–Crippen LogP) is -0.245. The zero-order valence-corrected chi connectivity index (χ0v) is 8.05. The molecule has 1 saturated carbocycles. The Bertz CT molecular complexity index is 190. The normalized spacial score (nSPS) is 20.8. The number of carbonyl (C=O) groups excluding carboxylic acids is 1. The lowest BCUT2D eigenvalue weighted by Gasteiger charge is -2.17. The summed E-state index contributed by atoms with van der Waals surface area (Å²) in [6.07, 6.45) is 3.34. The van der Waals surface area contributed by atoms with Gasteiger partial charge in [-0.1, -0.05) is 13.3 Å². The first-order chi connectivity index (χ1) is 6.13. The predicted molar refractivity (Wildman–Crippen MR) is 50.1 cm³/mol. The fraction of sp³-hybridized carbons (Fsp3) is 0.889. The first-order valence-electron chi connectivity index (χ1n) is 4.82. The van der Waals surface area contributed by atoms with Gasteiger partial charge in [-0.05, 0) is 19.3 Å². The van der Waals surface area contributed by atoms with Crippen molar-refractivity contribution in [2.24, 2.45) is 5.73 Å². The lowest BCUT2D eigenvalue weighted by atomic mass is 10.1. The van der Waals surface area contributed by atoms with E-state index in [4.69, 9.17) is 10.8 Å². The van der Waals surface area contributed by atoms with E-state index in [2.05, 4.69) is 5.32 Å². The van der Waals surface area contributed by atoms with Crippen LogP contribution in [0.25, 0.3) is 0 Å². The van der Waals surface area contributed by atoms with Gasteiger partial charge >= 0.3 is 0 Å². The molecule has 76 valence electrons. The zero-order valence-electron chi connectivity index (χ0n) is 8.05. The number of amides is 1. The highest BCUT2D eigenvalue weighted by Gasteiger charge is 2.43. The highest BCUT2D eigenvalue weighted by atomic mass is 16.3. The second-order valence-electron chi connectivity index (χ2n) is 3.82. The summed E-state index contributed by atoms with van der Waals surface area (Å²) >= 11 is 0. The van der Waals surface area contributed by atoms with E-state index in [1.807, 2.05) is 6.92 Å². The summed E-state index contributed by atoms with van der Waals surface area (Å²) in [7, 11) is 0. The third kappa shape index (κ3) is 2.67. The van der Waals surface area contributed by atoms with Crippen molar-refractivity contribution < 1.29 is 9.90 Å². The van der Waals surface area contributed by atoms with E-state index in [0.717, 1.165) is 19.3 Å². The molecular weight excluding hydrogens is 168 g/mol. The number of rotatable bonds is 5. The van der Waals surface area contributed by atoms with Crippen LogP contribution >= 0.6 is 0 Å². The summed E-state index contributed by atoms with van der Waals surface area (Å²) in [6.45, 7) is 2.02. The summed E-state index contributed by atoms with van der Waals surface area (Å²) in [5, 5.41) is 11.7. The Morgan fingerprint density at radius 2 is 2.31 bits per heavy atom. The molecule has 13 heavy (non-hydrogen) atoms. The van der Waals surface area contributed by atoms with Gasteiger partial charge in [0.05, 0.1) is 18.2 Å². The number of carbonyl (C=O) groups is 1. The minimum Gasteiger partial charge on any atom is -0.394 e. The molecule has 1 amide bonds. The lowest BCUT2D eigenvalue weighted by molar-refractivity contribution is -0.123. The minimum atomic E-state index is -0.422. The number of aliphatic hydroxyl groups excluding tert-OH is 1. The molecule has 0 aliphatic heterocycles. The van der Waals surface area contributed by atoms with Gasteiger partial charge in [0, 0.05) is 0 Å². The van der Waals surface area contributed by atoms with Gasteiger partial charge in [0.25, 0.3) is 0 Å². The van der Waals surface area contributed by atoms with Gasteiger partial charge in [-0.3, -0.25) is 4.79 Å². The average molecular weight is 186 g/mol. The van der Waals surface area contributed by atoms with Gasteiger partial charge in [0.15, 0.2) is 0 Å². The fourth-order valence-corrected chi connectivity index (χ4v) is 1.27. The van der Waals surface area contributed by atoms with E-state index in [0.29, 0.717) is 6.42 Å². The largest absolute Gasteiger partial charge is 0.394 e. The summed E-state index contributed by atoms with van der Waals surface area (Å²) < 4.78 is 0. The molecule has 0 aromatic carbocycles. The summed E-state index contributed by atoms with van der Waals surface area (Å²) in [5.74, 6) is -0.131. The number of nitrogens with two attached hydrogens (primary N) is 1. The van der Waals surface area contributed by atoms with Gasteiger partial charge in [0.1, 0.15) is 0 Å². The van der Waals surface area contributed by atoms with Crippen LogP contribution in [0.1, 0.15) is 32.6 Å². The molecule has 4 N–H and O–H groups in total. The number of hydrogen-bond donors (Lipinski definition) is 3. The van der Waals surface area contributed by atoms with E-state index in [-0.39, 0.29) is 18.1 Å². The summed E-state index contributed by atoms with van der Waals surface area (Å²) in [6, 6.07) is -0.422. The Kier molecular flexibility index (Phi) is 3.27. The average Bonchev–Trinajstić information content (AvgIpc) is 2.86. The highest BCUT2D eigenvalue weighted by molar-refractivity contribution is 5.82. The molecule has 0 bridgehead atoms. The maximum atomic E-state index is 11.4. The Morgan fingerprint density at radius 1 is 1.69 bits per heavy atom. The first kappa shape index (κ1) is 10.5. The molecule has 4 nitrogen and oxygen atoms in total. The third-order valence-corrected chi connectivity index (χ3v) is 2.48. The molecule has 1 aliphatic carbocycles. The highest BCUT2D eigenvalue weighted by Crippen LogP contribution is 2.34. The summed E-state index contributed by atoms with van der Waals surface area (Å²) in [4.78, 5) is 11.4. The van der Waals surface area contributed by atoms with Crippen LogP contribution in [0, 0.1) is 0 Å². The van der Waals surface area contributed by atoms with Gasteiger partial charge in [-0.2, -0.15) is 0 Å². The van der Waals surface area contributed by atoms with Crippen LogP contribution in [-0.4, -0.2) is 29.2 Å². The van der Waals surface area contributed by atoms with Crippen molar-refractivity contribution in [1.82, 2.24) is 5.32 Å². The second kappa shape index (κ2) is 4.07. The Balaban J connectivity index is 2.32. The molecule has 4 heteroatoms. The molecule has 1 rings (SSSR count). The SMILES string of the molecule is CCC[C@H](N)C(=O)NC1(CO)CC1. The van der Waals surface area contributed by atoms with Crippen LogP contribution < -0.4 is 11.1 Å². The van der Waals surface area contributed by atoms with Crippen LogP contribution in [0.4, 0.5) is 0 Å². The Labute approximate surface area is 78.5 Å². The zero-order chi connectivity index (χ0) is 9.90. The molecule has 1 aliphatic rings. The Hall–Kier alpha value is -0.610. The molecule has 0 radical (unpaired) electrons. The molecule has 0 spiro atoms. The van der Waals surface area contributed by atoms with Gasteiger partial charge < -0.3 is 16.2 Å². The van der Waals surface area contributed by atoms with Crippen molar-refractivity contribution in [2.45, 2.75) is 44.2 Å². The van der Waals surface area contributed by atoms with Crippen LogP contribution in [0.3, 0.4) is 0 Å². The summed E-state index contributed by atoms with van der Waals surface area (Å²) in [5.41, 5.74) is 5.29. The van der Waals surface area contributed by atoms with Gasteiger partial charge in [0.2, 0.25) is 5.91 Å². The van der Waals surface area contributed by atoms with E-state index in [1.165, 1.54) is 0 Å². The molecule has 0 aromatic rings. The van der Waals surface area contributed by atoms with Gasteiger partial charge in [-0.15, -0.1) is 0 Å². The van der Waals surface area contributed by atoms with E-state index >= 15 is 0 Å². The van der Waals surface area contributed by atoms with Crippen LogP contribution in [0.5, 0.6) is 0 Å². The molecule has 0 heterocycles. The monoisotopic (exact) mass is 186 g/mol. The van der Waals surface area contributed by atoms with Crippen molar-refractivity contribution in [2.75, 3.05) is 6.61 Å². The van der Waals surface area contributed by atoms with Crippen LogP contribution in [0.2, 0.25) is 0 Å². The lowest BCUT2D eigenvalue weighted by Crippen LogP contribution is -2.48. The second-order valence-corrected chi connectivity index (χ2v) is 3.82. The van der Waals surface area contributed by atoms with Crippen molar-refractivity contribution in [3.63, 3.8) is 0 Å². The fourth-order valence-electron chi connectivity index (χ4n) is 1.27. The number of nitrogens with one attached hydrogen (secondary N) is 1. The maximum Gasteiger partial charge on any atom is 0.237 e. The molecule has 1 fully saturated rings. The maximum absolute atomic E-state index is 11.4. The molecule has 1 atom stereocenters. The quantitative estimate of drug-likeness (QED) is 0.554. The topological polar surface area (TPSA) is 75.4 Å². The van der Waals surface area contributed by atoms with Crippen molar-refractivity contribution in [3.05, 3.63) is 0 Å². The first-order valence-corrected chi connectivity index (χ1v) is 4.82. The van der Waals surface area contributed by atoms with E-state index < -0.39 is 6.04 Å². The van der Waals surface area contributed by atoms with E-state index in [1.54, 1.807) is 0 Å². The third-order valence-electron chi connectivity index (χ3n) is 2.48. The van der Waals surface area contributed by atoms with Crippen LogP contribution in [0.15, 0.2) is 0 Å². The van der Waals surface area contributed by atoms with Gasteiger partial charge in [-0.25, -0.2) is 0 Å². The Morgan fingerprint density at radius 3 is 2.69 bits per heavy atom.